The molecule has 0 bridgehead atoms. The van der Waals surface area contributed by atoms with Crippen LogP contribution in [-0.4, -0.2) is 139 Å². The smallest absolute Gasteiger partial charge is 0.315 e. The van der Waals surface area contributed by atoms with E-state index in [1.807, 2.05) is 18.7 Å². The summed E-state index contributed by atoms with van der Waals surface area (Å²) in [6.45, 7) is 10.4. The molecule has 59 heavy (non-hydrogen) atoms. The molecule has 4 N–H and O–H groups in total. The summed E-state index contributed by atoms with van der Waals surface area (Å²) in [4.78, 5) is 35.6. The van der Waals surface area contributed by atoms with Crippen molar-refractivity contribution in [3.05, 3.63) is 24.3 Å². The molecule has 1 aliphatic rings. The highest BCUT2D eigenvalue weighted by molar-refractivity contribution is 7.99. The molecule has 0 spiro atoms. The molecule has 16 heteroatoms. The van der Waals surface area contributed by atoms with Gasteiger partial charge in [0.15, 0.2) is 6.61 Å². The van der Waals surface area contributed by atoms with Gasteiger partial charge in [-0.3, -0.25) is 9.59 Å². The number of thiol groups is 1. The van der Waals surface area contributed by atoms with Crippen LogP contribution in [0.1, 0.15) is 97.3 Å². The number of urea groups is 1. The fourth-order valence-corrected chi connectivity index (χ4v) is 7.44. The van der Waals surface area contributed by atoms with Gasteiger partial charge in [0.2, 0.25) is 5.91 Å². The van der Waals surface area contributed by atoms with Crippen LogP contribution >= 0.6 is 24.4 Å². The predicted octanol–water partition coefficient (Wildman–Crippen LogP) is 5.95. The highest BCUT2D eigenvalue weighted by Crippen LogP contribution is 2.20. The summed E-state index contributed by atoms with van der Waals surface area (Å²) in [5, 5.41) is 12.0. The van der Waals surface area contributed by atoms with Crippen molar-refractivity contribution in [1.29, 1.82) is 0 Å². The molecule has 1 heterocycles. The van der Waals surface area contributed by atoms with Crippen LogP contribution in [0.2, 0.25) is 0 Å². The van der Waals surface area contributed by atoms with E-state index < -0.39 is 0 Å². The summed E-state index contributed by atoms with van der Waals surface area (Å²) in [5.74, 6) is 2.94. The van der Waals surface area contributed by atoms with Crippen LogP contribution in [0, 0.1) is 0 Å². The van der Waals surface area contributed by atoms with E-state index in [9.17, 15) is 14.4 Å². The van der Waals surface area contributed by atoms with Gasteiger partial charge in [-0.2, -0.15) is 24.4 Å². The Morgan fingerprint density at radius 2 is 1.15 bits per heavy atom. The molecular weight excluding hydrogens is 797 g/mol. The Morgan fingerprint density at radius 1 is 0.644 bits per heavy atom. The molecule has 340 valence electrons. The number of carbonyl (C=O) groups is 3. The van der Waals surface area contributed by atoms with Crippen LogP contribution in [-0.2, 0) is 33.3 Å². The number of hydrogen-bond donors (Lipinski definition) is 5. The lowest BCUT2D eigenvalue weighted by Gasteiger charge is -2.17. The van der Waals surface area contributed by atoms with E-state index in [2.05, 4.69) is 40.8 Å². The van der Waals surface area contributed by atoms with Gasteiger partial charge in [0.25, 0.3) is 5.91 Å². The molecule has 1 aliphatic heterocycles. The molecule has 0 aromatic heterocycles. The highest BCUT2D eigenvalue weighted by atomic mass is 32.2. The lowest BCUT2D eigenvalue weighted by Crippen LogP contribution is -2.33. The molecule has 2 rings (SSSR count). The van der Waals surface area contributed by atoms with Crippen molar-refractivity contribution < 1.29 is 47.5 Å². The van der Waals surface area contributed by atoms with Crippen molar-refractivity contribution in [3.63, 3.8) is 0 Å². The third-order valence-electron chi connectivity index (χ3n) is 9.49. The summed E-state index contributed by atoms with van der Waals surface area (Å²) >= 11 is 6.12. The molecule has 1 aromatic rings. The number of ether oxygens (including phenoxy) is 7. The van der Waals surface area contributed by atoms with Gasteiger partial charge in [0.05, 0.1) is 65.5 Å². The zero-order chi connectivity index (χ0) is 42.4. The minimum atomic E-state index is -0.242. The maximum atomic E-state index is 12.1. The minimum Gasteiger partial charge on any atom is -0.491 e. The van der Waals surface area contributed by atoms with Gasteiger partial charge in [-0.05, 0) is 62.6 Å². The van der Waals surface area contributed by atoms with Gasteiger partial charge in [-0.1, -0.05) is 58.3 Å². The van der Waals surface area contributed by atoms with Crippen LogP contribution in [0.4, 0.5) is 4.79 Å². The quantitative estimate of drug-likeness (QED) is 0.0390. The zero-order valence-corrected chi connectivity index (χ0v) is 37.7. The van der Waals surface area contributed by atoms with Gasteiger partial charge >= 0.3 is 6.03 Å². The van der Waals surface area contributed by atoms with Crippen molar-refractivity contribution in [2.75, 3.05) is 104 Å². The number of amides is 4. The van der Waals surface area contributed by atoms with Crippen molar-refractivity contribution in [2.45, 2.75) is 115 Å². The van der Waals surface area contributed by atoms with Gasteiger partial charge in [0, 0.05) is 43.2 Å². The monoisotopic (exact) mass is 873 g/mol. The maximum absolute atomic E-state index is 12.1. The molecule has 4 amide bonds. The van der Waals surface area contributed by atoms with Crippen molar-refractivity contribution in [2.24, 2.45) is 0 Å². The Balaban J connectivity index is 1.28. The Labute approximate surface area is 364 Å². The fraction of sp³-hybridized carbons (Fsp3) is 0.791. The lowest BCUT2D eigenvalue weighted by atomic mass is 10.1. The van der Waals surface area contributed by atoms with Gasteiger partial charge in [-0.25, -0.2) is 4.79 Å². The van der Waals surface area contributed by atoms with E-state index in [1.54, 1.807) is 24.3 Å². The Morgan fingerprint density at radius 3 is 1.73 bits per heavy atom. The first kappa shape index (κ1) is 52.7. The lowest BCUT2D eigenvalue weighted by molar-refractivity contribution is -0.123. The first-order valence-electron chi connectivity index (χ1n) is 21.9. The Bertz CT molecular complexity index is 1190. The first-order chi connectivity index (χ1) is 28.9. The van der Waals surface area contributed by atoms with Crippen LogP contribution in [0.5, 0.6) is 11.5 Å². The summed E-state index contributed by atoms with van der Waals surface area (Å²) < 4.78 is 39.1. The molecule has 3 atom stereocenters. The molecule has 1 aromatic carbocycles. The maximum Gasteiger partial charge on any atom is 0.315 e. The Kier molecular flexibility index (Phi) is 33.3. The van der Waals surface area contributed by atoms with E-state index in [0.717, 1.165) is 43.8 Å². The van der Waals surface area contributed by atoms with E-state index in [4.69, 9.17) is 33.2 Å². The number of nitrogens with one attached hydrogen (secondary N) is 4. The normalized spacial score (nSPS) is 15.4. The number of benzene rings is 1. The molecule has 14 nitrogen and oxygen atoms in total. The number of thioether (sulfide) groups is 1. The molecule has 0 aliphatic carbocycles. The number of unbranched alkanes of at least 4 members (excludes halogenated alkanes) is 9. The molecular formula is C43H76N4O10S2. The first-order valence-corrected chi connectivity index (χ1v) is 23.6. The third kappa shape index (κ3) is 31.1. The Hall–Kier alpha value is -2.47. The minimum absolute atomic E-state index is 0.0317. The largest absolute Gasteiger partial charge is 0.491 e. The van der Waals surface area contributed by atoms with Gasteiger partial charge < -0.3 is 54.4 Å². The molecule has 3 unspecified atom stereocenters. The summed E-state index contributed by atoms with van der Waals surface area (Å²) in [6.07, 6.45) is 15.0. The summed E-state index contributed by atoms with van der Waals surface area (Å²) in [6, 6.07) is 7.32. The van der Waals surface area contributed by atoms with Crippen molar-refractivity contribution in [3.8, 4) is 11.5 Å². The van der Waals surface area contributed by atoms with Crippen LogP contribution in [0.3, 0.4) is 0 Å². The predicted molar refractivity (Wildman–Crippen MR) is 238 cm³/mol. The molecule has 0 saturated carbocycles. The average Bonchev–Trinajstić information content (AvgIpc) is 3.56. The standard InChI is InChI=1S/C43H76N4O10S2/c1-36(59-35-40-37(2)46-43(50)47-40)14-10-11-15-41(48)44-20-23-52-26-27-53-24-21-45-42(49)34-57-39-18-16-38(17-19-39)56-32-31-55-30-29-54-28-25-51-22-12-8-6-4-3-5-7-9-13-33-58/h16-19,36-37,40,58H,3-15,20-35H2,1-2H3,(H,44,48)(H,45,49)(H2,46,47,50). The summed E-state index contributed by atoms with van der Waals surface area (Å²) in [7, 11) is 0. The van der Waals surface area contributed by atoms with Gasteiger partial charge in [-0.15, -0.1) is 0 Å². The van der Waals surface area contributed by atoms with Gasteiger partial charge in [0.1, 0.15) is 18.1 Å². The molecule has 0 radical (unpaired) electrons. The average molecular weight is 873 g/mol. The van der Waals surface area contributed by atoms with Crippen molar-refractivity contribution >= 4 is 42.2 Å². The second kappa shape index (κ2) is 37.3. The summed E-state index contributed by atoms with van der Waals surface area (Å²) in [5.41, 5.74) is 0. The van der Waals surface area contributed by atoms with Crippen LogP contribution in [0.15, 0.2) is 24.3 Å². The number of hydrogen-bond acceptors (Lipinski definition) is 12. The van der Waals surface area contributed by atoms with Crippen molar-refractivity contribution in [1.82, 2.24) is 21.3 Å². The van der Waals surface area contributed by atoms with Crippen LogP contribution < -0.4 is 30.7 Å². The van der Waals surface area contributed by atoms with E-state index >= 15 is 0 Å². The highest BCUT2D eigenvalue weighted by Gasteiger charge is 2.27. The SMILES string of the molecule is CC(CCCCC(=O)NCCOCCOCCNC(=O)COc1ccc(OCCOCCOCCOCCCCCCCCCCCS)cc1)SCC1NC(=O)NC1C. The topological polar surface area (TPSA) is 164 Å². The number of rotatable bonds is 41. The second-order valence-electron chi connectivity index (χ2n) is 14.7. The van der Waals surface area contributed by atoms with E-state index in [-0.39, 0.29) is 36.5 Å². The van der Waals surface area contributed by atoms with E-state index in [0.29, 0.717) is 102 Å². The third-order valence-corrected chi connectivity index (χ3v) is 11.2. The van der Waals surface area contributed by atoms with E-state index in [1.165, 1.54) is 51.4 Å². The zero-order valence-electron chi connectivity index (χ0n) is 36.0. The number of carbonyl (C=O) groups excluding carboxylic acids is 3. The molecule has 1 saturated heterocycles. The van der Waals surface area contributed by atoms with Crippen LogP contribution in [0.25, 0.3) is 0 Å². The molecule has 1 fully saturated rings. The fourth-order valence-electron chi connectivity index (χ4n) is 5.98. The second-order valence-corrected chi connectivity index (χ2v) is 16.6.